The molecule has 0 spiro atoms. The van der Waals surface area contributed by atoms with Gasteiger partial charge in [0.15, 0.2) is 0 Å². The Labute approximate surface area is 125 Å². The lowest BCUT2D eigenvalue weighted by atomic mass is 9.96. The largest absolute Gasteiger partial charge is 0.481 e. The normalized spacial score (nSPS) is 30.4. The van der Waals surface area contributed by atoms with E-state index in [-0.39, 0.29) is 17.9 Å². The molecule has 3 rings (SSSR count). The fourth-order valence-electron chi connectivity index (χ4n) is 3.67. The van der Waals surface area contributed by atoms with Crippen LogP contribution in [0.1, 0.15) is 32.1 Å². The molecule has 1 aliphatic heterocycles. The number of aliphatic carboxylic acids is 1. The highest BCUT2D eigenvalue weighted by molar-refractivity contribution is 5.74. The molecule has 1 heterocycles. The third-order valence-corrected chi connectivity index (χ3v) is 5.16. The number of urea groups is 1. The van der Waals surface area contributed by atoms with E-state index in [9.17, 15) is 9.59 Å². The van der Waals surface area contributed by atoms with E-state index in [1.54, 1.807) is 0 Å². The van der Waals surface area contributed by atoms with E-state index in [0.29, 0.717) is 6.54 Å². The molecule has 0 aromatic carbocycles. The van der Waals surface area contributed by atoms with Gasteiger partial charge < -0.3 is 15.3 Å². The van der Waals surface area contributed by atoms with Crippen LogP contribution in [-0.2, 0) is 4.79 Å². The Kier molecular flexibility index (Phi) is 4.33. The van der Waals surface area contributed by atoms with Gasteiger partial charge in [0.05, 0.1) is 5.92 Å². The minimum atomic E-state index is -0.718. The van der Waals surface area contributed by atoms with Crippen LogP contribution in [0.4, 0.5) is 4.79 Å². The van der Waals surface area contributed by atoms with Crippen LogP contribution in [0.3, 0.4) is 0 Å². The van der Waals surface area contributed by atoms with Crippen LogP contribution in [0.15, 0.2) is 0 Å². The summed E-state index contributed by atoms with van der Waals surface area (Å²) in [7, 11) is 0. The van der Waals surface area contributed by atoms with Crippen LogP contribution >= 0.6 is 0 Å². The molecule has 2 unspecified atom stereocenters. The van der Waals surface area contributed by atoms with Crippen LogP contribution in [0.5, 0.6) is 0 Å². The molecule has 2 saturated carbocycles. The first-order valence-electron chi connectivity index (χ1n) is 8.15. The summed E-state index contributed by atoms with van der Waals surface area (Å²) < 4.78 is 0. The van der Waals surface area contributed by atoms with Crippen molar-refractivity contribution in [2.75, 3.05) is 32.7 Å². The summed E-state index contributed by atoms with van der Waals surface area (Å²) in [4.78, 5) is 27.6. The van der Waals surface area contributed by atoms with Crippen LogP contribution in [0.2, 0.25) is 0 Å². The first kappa shape index (κ1) is 14.6. The van der Waals surface area contributed by atoms with Gasteiger partial charge >= 0.3 is 12.0 Å². The van der Waals surface area contributed by atoms with Gasteiger partial charge in [0.2, 0.25) is 0 Å². The van der Waals surface area contributed by atoms with Crippen molar-refractivity contribution < 1.29 is 14.7 Å². The number of hydrogen-bond acceptors (Lipinski definition) is 3. The van der Waals surface area contributed by atoms with Crippen LogP contribution in [0, 0.1) is 11.8 Å². The molecule has 118 valence electrons. The van der Waals surface area contributed by atoms with E-state index in [1.807, 2.05) is 4.90 Å². The molecule has 2 amide bonds. The van der Waals surface area contributed by atoms with Crippen molar-refractivity contribution in [3.05, 3.63) is 0 Å². The second-order valence-electron chi connectivity index (χ2n) is 6.58. The zero-order valence-corrected chi connectivity index (χ0v) is 12.5. The Bertz CT molecular complexity index is 403. The Hall–Kier alpha value is -1.30. The maximum atomic E-state index is 12.2. The summed E-state index contributed by atoms with van der Waals surface area (Å²) in [6.45, 7) is 4.02. The number of piperazine rings is 1. The van der Waals surface area contributed by atoms with E-state index in [0.717, 1.165) is 51.5 Å². The van der Waals surface area contributed by atoms with E-state index < -0.39 is 5.97 Å². The second kappa shape index (κ2) is 6.22. The highest BCUT2D eigenvalue weighted by atomic mass is 16.4. The van der Waals surface area contributed by atoms with Crippen molar-refractivity contribution in [1.29, 1.82) is 0 Å². The number of amides is 2. The fourth-order valence-corrected chi connectivity index (χ4v) is 3.67. The monoisotopic (exact) mass is 295 g/mol. The lowest BCUT2D eigenvalue weighted by Crippen LogP contribution is -2.52. The first-order valence-corrected chi connectivity index (χ1v) is 8.15. The molecular formula is C15H25N3O3. The number of nitrogens with one attached hydrogen (secondary N) is 1. The number of carboxylic acid groups (broad SMARTS) is 1. The number of hydrogen-bond donors (Lipinski definition) is 2. The SMILES string of the molecule is O=C(O)C1CCCC1CNC(=O)N1CCN(C2CC2)CC1. The fraction of sp³-hybridized carbons (Fsp3) is 0.867. The van der Waals surface area contributed by atoms with Gasteiger partial charge in [-0.1, -0.05) is 6.42 Å². The second-order valence-corrected chi connectivity index (χ2v) is 6.58. The van der Waals surface area contributed by atoms with Gasteiger partial charge in [-0.15, -0.1) is 0 Å². The molecule has 0 radical (unpaired) electrons. The van der Waals surface area contributed by atoms with Gasteiger partial charge in [0.25, 0.3) is 0 Å². The number of rotatable bonds is 4. The molecule has 1 saturated heterocycles. The van der Waals surface area contributed by atoms with Crippen LogP contribution in [-0.4, -0.2) is 65.7 Å². The summed E-state index contributed by atoms with van der Waals surface area (Å²) in [6, 6.07) is 0.742. The van der Waals surface area contributed by atoms with Gasteiger partial charge in [-0.05, 0) is 31.6 Å². The predicted molar refractivity (Wildman–Crippen MR) is 78.0 cm³/mol. The van der Waals surface area contributed by atoms with E-state index >= 15 is 0 Å². The van der Waals surface area contributed by atoms with Crippen molar-refractivity contribution in [1.82, 2.24) is 15.1 Å². The zero-order valence-electron chi connectivity index (χ0n) is 12.5. The molecule has 2 atom stereocenters. The summed E-state index contributed by atoms with van der Waals surface area (Å²) in [5.41, 5.74) is 0. The zero-order chi connectivity index (χ0) is 14.8. The molecule has 6 nitrogen and oxygen atoms in total. The minimum Gasteiger partial charge on any atom is -0.481 e. The minimum absolute atomic E-state index is 0.0264. The highest BCUT2D eigenvalue weighted by Gasteiger charge is 2.34. The third-order valence-electron chi connectivity index (χ3n) is 5.16. The Morgan fingerprint density at radius 2 is 1.76 bits per heavy atom. The molecule has 3 fully saturated rings. The quantitative estimate of drug-likeness (QED) is 0.811. The maximum absolute atomic E-state index is 12.2. The summed E-state index contributed by atoms with van der Waals surface area (Å²) >= 11 is 0. The molecule has 2 aliphatic carbocycles. The average molecular weight is 295 g/mol. The van der Waals surface area contributed by atoms with Gasteiger partial charge in [-0.25, -0.2) is 4.79 Å². The van der Waals surface area contributed by atoms with Crippen molar-refractivity contribution in [3.63, 3.8) is 0 Å². The number of carbonyl (C=O) groups excluding carboxylic acids is 1. The maximum Gasteiger partial charge on any atom is 0.317 e. The summed E-state index contributed by atoms with van der Waals surface area (Å²) in [5.74, 6) is -0.902. The topological polar surface area (TPSA) is 72.9 Å². The lowest BCUT2D eigenvalue weighted by Gasteiger charge is -2.35. The first-order chi connectivity index (χ1) is 10.1. The molecule has 0 aromatic rings. The number of carboxylic acids is 1. The third kappa shape index (κ3) is 3.48. The van der Waals surface area contributed by atoms with E-state index in [4.69, 9.17) is 5.11 Å². The Morgan fingerprint density at radius 3 is 2.38 bits per heavy atom. The average Bonchev–Trinajstić information content (AvgIpc) is 3.23. The van der Waals surface area contributed by atoms with Gasteiger partial charge in [-0.3, -0.25) is 9.69 Å². The van der Waals surface area contributed by atoms with Crippen molar-refractivity contribution >= 4 is 12.0 Å². The van der Waals surface area contributed by atoms with Crippen molar-refractivity contribution in [2.24, 2.45) is 11.8 Å². The highest BCUT2D eigenvalue weighted by Crippen LogP contribution is 2.31. The molecule has 0 bridgehead atoms. The number of carbonyl (C=O) groups is 2. The van der Waals surface area contributed by atoms with E-state index in [1.165, 1.54) is 12.8 Å². The van der Waals surface area contributed by atoms with E-state index in [2.05, 4.69) is 10.2 Å². The summed E-state index contributed by atoms with van der Waals surface area (Å²) in [6.07, 6.45) is 5.23. The number of nitrogens with zero attached hydrogens (tertiary/aromatic N) is 2. The van der Waals surface area contributed by atoms with Crippen LogP contribution < -0.4 is 5.32 Å². The predicted octanol–water partition coefficient (Wildman–Crippen LogP) is 0.977. The molecule has 2 N–H and O–H groups in total. The lowest BCUT2D eigenvalue weighted by molar-refractivity contribution is -0.142. The van der Waals surface area contributed by atoms with Gasteiger partial charge in [0.1, 0.15) is 0 Å². The molecule has 3 aliphatic rings. The van der Waals surface area contributed by atoms with Crippen molar-refractivity contribution in [2.45, 2.75) is 38.1 Å². The van der Waals surface area contributed by atoms with Crippen LogP contribution in [0.25, 0.3) is 0 Å². The smallest absolute Gasteiger partial charge is 0.317 e. The molecular weight excluding hydrogens is 270 g/mol. The molecule has 6 heteroatoms. The summed E-state index contributed by atoms with van der Waals surface area (Å²) in [5, 5.41) is 12.1. The Morgan fingerprint density at radius 1 is 1.05 bits per heavy atom. The molecule has 21 heavy (non-hydrogen) atoms. The van der Waals surface area contributed by atoms with Gasteiger partial charge in [0, 0.05) is 38.8 Å². The Balaban J connectivity index is 1.41. The standard InChI is InChI=1S/C15H25N3O3/c19-14(20)13-3-1-2-11(13)10-16-15(21)18-8-6-17(7-9-18)12-4-5-12/h11-13H,1-10H2,(H,16,21)(H,19,20). The molecule has 0 aromatic heterocycles. The van der Waals surface area contributed by atoms with Gasteiger partial charge in [-0.2, -0.15) is 0 Å². The van der Waals surface area contributed by atoms with Crippen molar-refractivity contribution in [3.8, 4) is 0 Å².